The van der Waals surface area contributed by atoms with Gasteiger partial charge >= 0.3 is 0 Å². The van der Waals surface area contributed by atoms with Crippen LogP contribution in [0.5, 0.6) is 0 Å². The van der Waals surface area contributed by atoms with Crippen molar-refractivity contribution in [1.82, 2.24) is 4.90 Å². The first-order chi connectivity index (χ1) is 23.0. The van der Waals surface area contributed by atoms with E-state index in [2.05, 4.69) is 158 Å². The van der Waals surface area contributed by atoms with Crippen molar-refractivity contribution in [1.29, 1.82) is 0 Å². The summed E-state index contributed by atoms with van der Waals surface area (Å²) in [6.07, 6.45) is 18.9. The minimum atomic E-state index is 1.05. The van der Waals surface area contributed by atoms with E-state index in [4.69, 9.17) is 0 Å². The molecular weight excluding hydrogens is 593 g/mol. The van der Waals surface area contributed by atoms with Crippen molar-refractivity contribution in [2.45, 2.75) is 58.8 Å². The van der Waals surface area contributed by atoms with Crippen LogP contribution in [0.25, 0.3) is 27.6 Å². The van der Waals surface area contributed by atoms with E-state index in [0.29, 0.717) is 0 Å². The fraction of sp³-hybridized carbons (Fsp3) is 0.238. The second-order valence-electron chi connectivity index (χ2n) is 11.2. The number of nitrogens with two attached hydrogens (primary N) is 1. The van der Waals surface area contributed by atoms with E-state index in [9.17, 15) is 0 Å². The van der Waals surface area contributed by atoms with Crippen molar-refractivity contribution in [3.05, 3.63) is 143 Å². The number of nitrogens with one attached hydrogen (secondary N) is 1. The van der Waals surface area contributed by atoms with E-state index in [1.165, 1.54) is 60.2 Å². The van der Waals surface area contributed by atoms with Crippen LogP contribution in [-0.4, -0.2) is 19.0 Å². The van der Waals surface area contributed by atoms with Crippen molar-refractivity contribution < 1.29 is 11.1 Å². The molecular formula is C42H52N4S+2. The Balaban J connectivity index is 0.00000120. The van der Waals surface area contributed by atoms with Crippen LogP contribution in [-0.2, 0) is 0 Å². The molecule has 0 saturated carbocycles. The van der Waals surface area contributed by atoms with Gasteiger partial charge in [0.05, 0.1) is 16.9 Å². The number of nitrogens with zero attached hydrogens (tertiary/aromatic N) is 1. The van der Waals surface area contributed by atoms with Crippen LogP contribution < -0.4 is 16.4 Å². The van der Waals surface area contributed by atoms with E-state index in [1.54, 1.807) is 0 Å². The number of likely N-dealkylation sites (N-methyl/N-ethyl adjacent to an activating group) is 1. The molecule has 0 radical (unpaired) electrons. The normalized spacial score (nSPS) is 16.4. The fourth-order valence-electron chi connectivity index (χ4n) is 5.94. The largest absolute Gasteiger partial charge is 0.378 e. The number of thioether (sulfide) groups is 1. The van der Waals surface area contributed by atoms with Gasteiger partial charge in [0.2, 0.25) is 0 Å². The molecule has 0 saturated heterocycles. The van der Waals surface area contributed by atoms with Crippen LogP contribution in [0, 0.1) is 0 Å². The van der Waals surface area contributed by atoms with Gasteiger partial charge in [0.15, 0.2) is 0 Å². The highest BCUT2D eigenvalue weighted by Gasteiger charge is 2.21. The molecule has 0 aromatic heterocycles. The summed E-state index contributed by atoms with van der Waals surface area (Å²) in [6.45, 7) is 10.1. The molecule has 0 bridgehead atoms. The van der Waals surface area contributed by atoms with Gasteiger partial charge in [-0.3, -0.25) is 5.32 Å². The molecule has 5 heteroatoms. The Hall–Kier alpha value is -4.29. The maximum absolute atomic E-state index is 4.35. The SMILES string of the molecule is C/C=C(\C=C/[NH2+]C1=C(/C=C/c2c([NH3+])ccc3ccccc23)CCC/C1=C\C=C1\Nc2ccc3ccccc3c2S1)N(C)C.CC.CC. The van der Waals surface area contributed by atoms with Crippen molar-refractivity contribution in [3.63, 3.8) is 0 Å². The van der Waals surface area contributed by atoms with Gasteiger partial charge in [0.25, 0.3) is 0 Å². The third kappa shape index (κ3) is 8.55. The van der Waals surface area contributed by atoms with Crippen LogP contribution in [0.4, 0.5) is 11.4 Å². The molecule has 0 amide bonds. The standard InChI is InChI=1S/C38H38N4S.2C2H6/c1-4-30(42(2)3)24-25-40-37-28(16-20-33-31-14-7-5-10-26(31)17-21-34(33)39)12-9-13-29(37)19-23-36-41-35-22-18-27-11-6-8-15-32(27)38(35)43-36;2*1-2/h4-8,10-11,14-25,40-41H,9,12-13,39H2,1-3H3;2*1-2H3/p+2/b20-16+,25-24-,29-19+,30-4+,36-23-;;. The van der Waals surface area contributed by atoms with Gasteiger partial charge in [-0.2, -0.15) is 0 Å². The minimum absolute atomic E-state index is 1.05. The zero-order valence-corrected chi connectivity index (χ0v) is 30.0. The quantitative estimate of drug-likeness (QED) is 0.176. The molecule has 1 aliphatic heterocycles. The van der Waals surface area contributed by atoms with E-state index in [-0.39, 0.29) is 0 Å². The zero-order valence-electron chi connectivity index (χ0n) is 29.2. The molecule has 244 valence electrons. The van der Waals surface area contributed by atoms with Gasteiger partial charge in [0.1, 0.15) is 11.4 Å². The zero-order chi connectivity index (χ0) is 33.8. The number of rotatable bonds is 7. The minimum Gasteiger partial charge on any atom is -0.378 e. The highest BCUT2D eigenvalue weighted by atomic mass is 32.2. The highest BCUT2D eigenvalue weighted by molar-refractivity contribution is 8.04. The fourth-order valence-corrected chi connectivity index (χ4v) is 6.99. The van der Waals surface area contributed by atoms with Gasteiger partial charge < -0.3 is 16.0 Å². The summed E-state index contributed by atoms with van der Waals surface area (Å²) in [4.78, 5) is 3.45. The predicted octanol–water partition coefficient (Wildman–Crippen LogP) is 9.90. The Morgan fingerprint density at radius 1 is 0.830 bits per heavy atom. The summed E-state index contributed by atoms with van der Waals surface area (Å²) in [6, 6.07) is 25.9. The van der Waals surface area contributed by atoms with Crippen molar-refractivity contribution in [2.24, 2.45) is 0 Å². The van der Waals surface area contributed by atoms with Gasteiger partial charge in [0, 0.05) is 53.5 Å². The molecule has 6 N–H and O–H groups in total. The molecule has 4 aromatic carbocycles. The maximum Gasteiger partial charge on any atom is 0.140 e. The Morgan fingerprint density at radius 2 is 1.51 bits per heavy atom. The lowest BCUT2D eigenvalue weighted by molar-refractivity contribution is -0.532. The highest BCUT2D eigenvalue weighted by Crippen LogP contribution is 2.45. The Morgan fingerprint density at radius 3 is 2.23 bits per heavy atom. The molecule has 47 heavy (non-hydrogen) atoms. The Labute approximate surface area is 286 Å². The molecule has 6 rings (SSSR count). The number of benzene rings is 4. The molecule has 0 spiro atoms. The van der Waals surface area contributed by atoms with Crippen molar-refractivity contribution >= 4 is 50.8 Å². The second kappa shape index (κ2) is 17.6. The van der Waals surface area contributed by atoms with Crippen LogP contribution in [0.2, 0.25) is 0 Å². The van der Waals surface area contributed by atoms with E-state index >= 15 is 0 Å². The summed E-state index contributed by atoms with van der Waals surface area (Å²) in [5, 5.41) is 12.2. The first kappa shape index (κ1) is 35.6. The number of fused-ring (bicyclic) bond motifs is 4. The van der Waals surface area contributed by atoms with Gasteiger partial charge in [-0.05, 0) is 72.0 Å². The summed E-state index contributed by atoms with van der Waals surface area (Å²) < 4.78 is 0. The first-order valence-electron chi connectivity index (χ1n) is 17.0. The maximum atomic E-state index is 4.35. The molecule has 4 nitrogen and oxygen atoms in total. The van der Waals surface area contributed by atoms with E-state index in [1.807, 2.05) is 39.5 Å². The molecule has 1 aliphatic carbocycles. The second-order valence-corrected chi connectivity index (χ2v) is 12.3. The Kier molecular flexibility index (Phi) is 13.3. The first-order valence-corrected chi connectivity index (χ1v) is 17.8. The van der Waals surface area contributed by atoms with Crippen LogP contribution in [0.15, 0.2) is 142 Å². The molecule has 0 fully saturated rings. The number of anilines is 1. The van der Waals surface area contributed by atoms with Crippen LogP contribution in [0.1, 0.15) is 59.4 Å². The van der Waals surface area contributed by atoms with Crippen molar-refractivity contribution in [3.8, 4) is 0 Å². The summed E-state index contributed by atoms with van der Waals surface area (Å²) in [5.41, 5.74) is 13.0. The third-order valence-corrected chi connectivity index (χ3v) is 9.33. The number of allylic oxidation sites excluding steroid dienone is 7. The van der Waals surface area contributed by atoms with Gasteiger partial charge in [-0.25, -0.2) is 0 Å². The smallest absolute Gasteiger partial charge is 0.140 e. The Bertz CT molecular complexity index is 1870. The van der Waals surface area contributed by atoms with Crippen molar-refractivity contribution in [2.75, 3.05) is 19.4 Å². The van der Waals surface area contributed by atoms with Gasteiger partial charge in [-0.1, -0.05) is 112 Å². The topological polar surface area (TPSA) is 59.5 Å². The van der Waals surface area contributed by atoms with Crippen LogP contribution in [0.3, 0.4) is 0 Å². The summed E-state index contributed by atoms with van der Waals surface area (Å²) in [5.74, 6) is 0. The summed E-state index contributed by atoms with van der Waals surface area (Å²) >= 11 is 1.83. The average molecular weight is 645 g/mol. The predicted molar refractivity (Wildman–Crippen MR) is 207 cm³/mol. The molecule has 4 aromatic rings. The number of quaternary nitrogens is 2. The lowest BCUT2D eigenvalue weighted by Crippen LogP contribution is -2.76. The van der Waals surface area contributed by atoms with Gasteiger partial charge in [-0.15, -0.1) is 0 Å². The van der Waals surface area contributed by atoms with E-state index < -0.39 is 0 Å². The average Bonchev–Trinajstić information content (AvgIpc) is 3.55. The third-order valence-electron chi connectivity index (χ3n) is 8.22. The van der Waals surface area contributed by atoms with Crippen LogP contribution >= 0.6 is 11.8 Å². The monoisotopic (exact) mass is 644 g/mol. The van der Waals surface area contributed by atoms with E-state index in [0.717, 1.165) is 30.0 Å². The molecule has 2 aliphatic rings. The summed E-state index contributed by atoms with van der Waals surface area (Å²) in [7, 11) is 4.17. The molecule has 1 heterocycles. The number of hydrogen-bond acceptors (Lipinski definition) is 3. The lowest BCUT2D eigenvalue weighted by atomic mass is 9.90. The molecule has 0 atom stereocenters. The molecule has 0 unspecified atom stereocenters. The lowest BCUT2D eigenvalue weighted by Gasteiger charge is -2.18. The number of hydrogen-bond donors (Lipinski definition) is 3.